The zero-order valence-corrected chi connectivity index (χ0v) is 10.2. The molecule has 0 saturated heterocycles. The summed E-state index contributed by atoms with van der Waals surface area (Å²) in [6, 6.07) is 0. The van der Waals surface area contributed by atoms with E-state index in [1.165, 1.54) is 12.0 Å². The monoisotopic (exact) mass is 228 g/mol. The first-order valence-corrected chi connectivity index (χ1v) is 5.99. The van der Waals surface area contributed by atoms with Gasteiger partial charge in [0.15, 0.2) is 5.65 Å². The fourth-order valence-electron chi connectivity index (χ4n) is 2.30. The van der Waals surface area contributed by atoms with Crippen molar-refractivity contribution in [2.45, 2.75) is 33.1 Å². The van der Waals surface area contributed by atoms with Crippen LogP contribution in [0.5, 0.6) is 0 Å². The first kappa shape index (κ1) is 10.4. The summed E-state index contributed by atoms with van der Waals surface area (Å²) in [5, 5.41) is 0. The van der Waals surface area contributed by atoms with Crippen LogP contribution in [0.2, 0.25) is 0 Å². The van der Waals surface area contributed by atoms with E-state index in [2.05, 4.69) is 39.9 Å². The molecule has 2 heterocycles. The van der Waals surface area contributed by atoms with Gasteiger partial charge in [-0.15, -0.1) is 0 Å². The van der Waals surface area contributed by atoms with Crippen LogP contribution in [0.1, 0.15) is 38.8 Å². The zero-order chi connectivity index (χ0) is 11.9. The second kappa shape index (κ2) is 3.65. The molecular formula is C13H16N4. The Hall–Kier alpha value is -1.71. The van der Waals surface area contributed by atoms with Crippen molar-refractivity contribution in [2.24, 2.45) is 5.41 Å². The molecule has 88 valence electrons. The Labute approximate surface area is 100 Å². The van der Waals surface area contributed by atoms with Crippen LogP contribution in [-0.4, -0.2) is 19.9 Å². The number of hydrogen-bond donors (Lipinski definition) is 1. The number of fused-ring (bicyclic) bond motifs is 1. The molecule has 3 rings (SSSR count). The van der Waals surface area contributed by atoms with Crippen LogP contribution < -0.4 is 0 Å². The Morgan fingerprint density at radius 2 is 2.12 bits per heavy atom. The molecule has 0 aromatic carbocycles. The minimum absolute atomic E-state index is 0.420. The van der Waals surface area contributed by atoms with Crippen LogP contribution in [0.25, 0.3) is 16.7 Å². The maximum Gasteiger partial charge on any atom is 0.181 e. The van der Waals surface area contributed by atoms with Crippen molar-refractivity contribution in [2.75, 3.05) is 0 Å². The molecule has 1 N–H and O–H groups in total. The molecule has 0 aliphatic heterocycles. The molecule has 4 heteroatoms. The maximum atomic E-state index is 4.40. The van der Waals surface area contributed by atoms with Gasteiger partial charge in [-0.25, -0.2) is 15.0 Å². The molecule has 0 fully saturated rings. The normalized spacial score (nSPS) is 19.3. The van der Waals surface area contributed by atoms with E-state index in [1.54, 1.807) is 12.7 Å². The number of imidazole rings is 1. The van der Waals surface area contributed by atoms with Crippen molar-refractivity contribution < 1.29 is 0 Å². The summed E-state index contributed by atoms with van der Waals surface area (Å²) in [7, 11) is 0. The predicted molar refractivity (Wildman–Crippen MR) is 67.3 cm³/mol. The van der Waals surface area contributed by atoms with Gasteiger partial charge in [0.1, 0.15) is 11.8 Å². The number of allylic oxidation sites excluding steroid dienone is 2. The smallest absolute Gasteiger partial charge is 0.181 e. The third kappa shape index (κ3) is 1.84. The van der Waals surface area contributed by atoms with Gasteiger partial charge < -0.3 is 4.98 Å². The lowest BCUT2D eigenvalue weighted by Gasteiger charge is -2.28. The fraction of sp³-hybridized carbons (Fsp3) is 0.462. The molecule has 0 saturated carbocycles. The molecule has 4 nitrogen and oxygen atoms in total. The van der Waals surface area contributed by atoms with E-state index in [4.69, 9.17) is 0 Å². The van der Waals surface area contributed by atoms with E-state index in [0.29, 0.717) is 5.41 Å². The second-order valence-electron chi connectivity index (χ2n) is 5.42. The topological polar surface area (TPSA) is 54.5 Å². The fourth-order valence-corrected chi connectivity index (χ4v) is 2.30. The van der Waals surface area contributed by atoms with Gasteiger partial charge in [-0.1, -0.05) is 19.9 Å². The third-order valence-corrected chi connectivity index (χ3v) is 3.50. The highest BCUT2D eigenvalue weighted by Crippen LogP contribution is 2.38. The van der Waals surface area contributed by atoms with Gasteiger partial charge in [0.05, 0.1) is 12.0 Å². The third-order valence-electron chi connectivity index (χ3n) is 3.50. The second-order valence-corrected chi connectivity index (χ2v) is 5.42. The molecule has 0 atom stereocenters. The van der Waals surface area contributed by atoms with Gasteiger partial charge >= 0.3 is 0 Å². The van der Waals surface area contributed by atoms with E-state index in [9.17, 15) is 0 Å². The highest BCUT2D eigenvalue weighted by atomic mass is 15.0. The molecule has 0 amide bonds. The Morgan fingerprint density at radius 3 is 2.88 bits per heavy atom. The van der Waals surface area contributed by atoms with E-state index in [1.807, 2.05) is 0 Å². The zero-order valence-electron chi connectivity index (χ0n) is 10.2. The van der Waals surface area contributed by atoms with Crippen molar-refractivity contribution in [3.8, 4) is 0 Å². The average Bonchev–Trinajstić information content (AvgIpc) is 2.77. The summed E-state index contributed by atoms with van der Waals surface area (Å²) >= 11 is 0. The van der Waals surface area contributed by atoms with Crippen LogP contribution >= 0.6 is 0 Å². The lowest BCUT2D eigenvalue weighted by atomic mass is 9.78. The van der Waals surface area contributed by atoms with Crippen LogP contribution in [-0.2, 0) is 0 Å². The van der Waals surface area contributed by atoms with Gasteiger partial charge in [0, 0.05) is 0 Å². The van der Waals surface area contributed by atoms with E-state index in [-0.39, 0.29) is 0 Å². The van der Waals surface area contributed by atoms with Crippen molar-refractivity contribution in [1.82, 2.24) is 19.9 Å². The molecular weight excluding hydrogens is 212 g/mol. The Kier molecular flexibility index (Phi) is 2.24. The molecule has 0 unspecified atom stereocenters. The largest absolute Gasteiger partial charge is 0.341 e. The van der Waals surface area contributed by atoms with Crippen molar-refractivity contribution >= 4 is 16.7 Å². The first-order valence-electron chi connectivity index (χ1n) is 5.99. The van der Waals surface area contributed by atoms with Crippen molar-refractivity contribution in [3.63, 3.8) is 0 Å². The van der Waals surface area contributed by atoms with Gasteiger partial charge in [-0.05, 0) is 30.3 Å². The van der Waals surface area contributed by atoms with Gasteiger partial charge in [-0.2, -0.15) is 0 Å². The average molecular weight is 228 g/mol. The molecule has 2 aromatic heterocycles. The van der Waals surface area contributed by atoms with Crippen molar-refractivity contribution in [3.05, 3.63) is 24.4 Å². The molecule has 17 heavy (non-hydrogen) atoms. The molecule has 0 bridgehead atoms. The Morgan fingerprint density at radius 1 is 1.24 bits per heavy atom. The molecule has 2 aromatic rings. The highest BCUT2D eigenvalue weighted by Gasteiger charge is 2.23. The number of nitrogens with one attached hydrogen (secondary N) is 1. The quantitative estimate of drug-likeness (QED) is 0.816. The van der Waals surface area contributed by atoms with Gasteiger partial charge in [-0.3, -0.25) is 0 Å². The summed E-state index contributed by atoms with van der Waals surface area (Å²) in [6.45, 7) is 4.62. The number of aromatic amines is 1. The summed E-state index contributed by atoms with van der Waals surface area (Å²) in [5.41, 5.74) is 4.46. The Bertz CT molecular complexity index is 580. The SMILES string of the molecule is CC1(C)CC=C(c2ncnc3nc[nH]c23)CC1. The number of nitrogens with zero attached hydrogens (tertiary/aromatic N) is 3. The first-order chi connectivity index (χ1) is 8.16. The van der Waals surface area contributed by atoms with Crippen LogP contribution in [0, 0.1) is 5.41 Å². The molecule has 0 radical (unpaired) electrons. The predicted octanol–water partition coefficient (Wildman–Crippen LogP) is 2.95. The van der Waals surface area contributed by atoms with E-state index in [0.717, 1.165) is 29.7 Å². The lowest BCUT2D eigenvalue weighted by molar-refractivity contribution is 0.335. The van der Waals surface area contributed by atoms with Crippen LogP contribution in [0.4, 0.5) is 0 Å². The maximum absolute atomic E-state index is 4.40. The number of H-pyrrole nitrogens is 1. The highest BCUT2D eigenvalue weighted by molar-refractivity contribution is 5.84. The summed E-state index contributed by atoms with van der Waals surface area (Å²) in [4.78, 5) is 15.8. The Balaban J connectivity index is 2.05. The number of aromatic nitrogens is 4. The number of rotatable bonds is 1. The van der Waals surface area contributed by atoms with Crippen LogP contribution in [0.3, 0.4) is 0 Å². The minimum atomic E-state index is 0.420. The van der Waals surface area contributed by atoms with E-state index < -0.39 is 0 Å². The minimum Gasteiger partial charge on any atom is -0.341 e. The molecule has 1 aliphatic carbocycles. The standard InChI is InChI=1S/C13H16N4/c1-13(2)5-3-9(4-6-13)10-11-12(16-7-14-10)17-8-15-11/h3,7-8H,4-6H2,1-2H3,(H,14,15,16,17). The number of hydrogen-bond acceptors (Lipinski definition) is 3. The van der Waals surface area contributed by atoms with Gasteiger partial charge in [0.2, 0.25) is 0 Å². The summed E-state index contributed by atoms with van der Waals surface area (Å²) < 4.78 is 0. The summed E-state index contributed by atoms with van der Waals surface area (Å²) in [6.07, 6.45) is 8.99. The van der Waals surface area contributed by atoms with Gasteiger partial charge in [0.25, 0.3) is 0 Å². The lowest BCUT2D eigenvalue weighted by Crippen LogP contribution is -2.14. The molecule has 0 spiro atoms. The summed E-state index contributed by atoms with van der Waals surface area (Å²) in [5.74, 6) is 0. The van der Waals surface area contributed by atoms with Crippen molar-refractivity contribution in [1.29, 1.82) is 0 Å². The van der Waals surface area contributed by atoms with Crippen LogP contribution in [0.15, 0.2) is 18.7 Å². The van der Waals surface area contributed by atoms with E-state index >= 15 is 0 Å². The molecule has 1 aliphatic rings.